The molecule has 8 heteroatoms. The van der Waals surface area contributed by atoms with E-state index in [-0.39, 0.29) is 12.1 Å². The zero-order chi connectivity index (χ0) is 23.6. The lowest BCUT2D eigenvalue weighted by atomic mass is 9.91. The predicted octanol–water partition coefficient (Wildman–Crippen LogP) is 5.96. The molecule has 2 atom stereocenters. The zero-order valence-corrected chi connectivity index (χ0v) is 20.8. The fraction of sp³-hybridized carbons (Fsp3) is 0.444. The third-order valence-electron chi connectivity index (χ3n) is 7.49. The first-order valence-corrected chi connectivity index (χ1v) is 13.8. The Balaban J connectivity index is 1.27. The Morgan fingerprint density at radius 1 is 0.971 bits per heavy atom. The molecule has 3 aromatic heterocycles. The molecule has 0 amide bonds. The molecule has 0 saturated heterocycles. The number of fused-ring (bicyclic) bond motifs is 1. The van der Waals surface area contributed by atoms with Crippen LogP contribution in [0.5, 0.6) is 0 Å². The van der Waals surface area contributed by atoms with Crippen LogP contribution < -0.4 is 16.4 Å². The van der Waals surface area contributed by atoms with Gasteiger partial charge < -0.3 is 20.9 Å². The van der Waals surface area contributed by atoms with Crippen LogP contribution in [0.3, 0.4) is 0 Å². The number of nitrogens with zero attached hydrogens (tertiary/aromatic N) is 4. The zero-order valence-electron chi connectivity index (χ0n) is 20.0. The molecule has 0 bridgehead atoms. The Labute approximate surface area is 210 Å². The summed E-state index contributed by atoms with van der Waals surface area (Å²) in [6.07, 6.45) is 11.4. The van der Waals surface area contributed by atoms with Gasteiger partial charge in [0.2, 0.25) is 5.95 Å². The van der Waals surface area contributed by atoms with Crippen LogP contribution in [-0.4, -0.2) is 31.6 Å². The Hall–Kier alpha value is -2.97. The monoisotopic (exact) mass is 487 g/mol. The molecule has 7 nitrogen and oxygen atoms in total. The summed E-state index contributed by atoms with van der Waals surface area (Å²) in [5.74, 6) is 1.43. The molecule has 4 aromatic rings. The number of nitrogens with one attached hydrogen (secondary N) is 2. The topological polar surface area (TPSA) is 93.7 Å². The van der Waals surface area contributed by atoms with Crippen LogP contribution >= 0.6 is 11.3 Å². The third-order valence-corrected chi connectivity index (χ3v) is 8.41. The minimum Gasteiger partial charge on any atom is -0.364 e. The largest absolute Gasteiger partial charge is 0.364 e. The highest BCUT2D eigenvalue weighted by molar-refractivity contribution is 7.13. The van der Waals surface area contributed by atoms with E-state index in [1.54, 1.807) is 11.3 Å². The van der Waals surface area contributed by atoms with E-state index in [4.69, 9.17) is 20.7 Å². The fourth-order valence-corrected chi connectivity index (χ4v) is 6.21. The maximum Gasteiger partial charge on any atom is 0.227 e. The number of anilines is 2. The molecule has 0 radical (unpaired) electrons. The van der Waals surface area contributed by atoms with Crippen LogP contribution in [-0.2, 0) is 6.54 Å². The van der Waals surface area contributed by atoms with Crippen LogP contribution in [0.4, 0.5) is 11.8 Å². The van der Waals surface area contributed by atoms with Crippen molar-refractivity contribution in [2.45, 2.75) is 76.0 Å². The highest BCUT2D eigenvalue weighted by atomic mass is 32.1. The molecule has 6 rings (SSSR count). The second-order valence-electron chi connectivity index (χ2n) is 9.89. The highest BCUT2D eigenvalue weighted by Crippen LogP contribution is 2.33. The van der Waals surface area contributed by atoms with Crippen molar-refractivity contribution in [2.24, 2.45) is 5.73 Å². The van der Waals surface area contributed by atoms with Crippen molar-refractivity contribution in [3.63, 3.8) is 0 Å². The molecule has 35 heavy (non-hydrogen) atoms. The van der Waals surface area contributed by atoms with Gasteiger partial charge in [0.25, 0.3) is 0 Å². The molecule has 2 aliphatic carbocycles. The van der Waals surface area contributed by atoms with Gasteiger partial charge in [-0.1, -0.05) is 56.0 Å². The summed E-state index contributed by atoms with van der Waals surface area (Å²) in [6, 6.07) is 13.8. The van der Waals surface area contributed by atoms with E-state index in [2.05, 4.69) is 57.0 Å². The van der Waals surface area contributed by atoms with E-state index in [0.29, 0.717) is 18.5 Å². The number of hydrogen-bond donors (Lipinski definition) is 3. The molecule has 1 aromatic carbocycles. The summed E-state index contributed by atoms with van der Waals surface area (Å²) in [5.41, 5.74) is 10.6. The minimum atomic E-state index is 0.140. The summed E-state index contributed by atoms with van der Waals surface area (Å²) in [7, 11) is 0. The average molecular weight is 488 g/mol. The van der Waals surface area contributed by atoms with Crippen molar-refractivity contribution in [1.29, 1.82) is 0 Å². The summed E-state index contributed by atoms with van der Waals surface area (Å²) in [4.78, 5) is 15.9. The van der Waals surface area contributed by atoms with Crippen LogP contribution in [0, 0.1) is 0 Å². The van der Waals surface area contributed by atoms with Gasteiger partial charge in [-0.15, -0.1) is 11.3 Å². The Kier molecular flexibility index (Phi) is 6.39. The smallest absolute Gasteiger partial charge is 0.227 e. The summed E-state index contributed by atoms with van der Waals surface area (Å²) in [6.45, 7) is 0.676. The van der Waals surface area contributed by atoms with Crippen molar-refractivity contribution in [2.75, 3.05) is 10.6 Å². The molecule has 4 N–H and O–H groups in total. The first-order chi connectivity index (χ1) is 17.2. The standard InChI is InChI=1S/C27H33N7S/c28-21-8-3-4-9-22(21)31-27-32-25(24-26(33-27)34(17-30-24)20-6-1-2-7-20)29-16-18-11-13-19(14-12-18)23-10-5-15-35-23/h5,10-15,17,20-22H,1-4,6-9,16,28H2,(H2,29,31,32,33). The van der Waals surface area contributed by atoms with Crippen molar-refractivity contribution in [3.05, 3.63) is 53.7 Å². The van der Waals surface area contributed by atoms with Gasteiger partial charge in [-0.25, -0.2) is 4.98 Å². The second kappa shape index (κ2) is 9.95. The van der Waals surface area contributed by atoms with Crippen molar-refractivity contribution in [1.82, 2.24) is 19.5 Å². The molecule has 2 unspecified atom stereocenters. The van der Waals surface area contributed by atoms with Gasteiger partial charge in [0, 0.05) is 29.5 Å². The number of rotatable bonds is 7. The first-order valence-electron chi connectivity index (χ1n) is 12.9. The quantitative estimate of drug-likeness (QED) is 0.298. The predicted molar refractivity (Wildman–Crippen MR) is 144 cm³/mol. The average Bonchev–Trinajstić information content (AvgIpc) is 3.66. The lowest BCUT2D eigenvalue weighted by Gasteiger charge is -2.29. The van der Waals surface area contributed by atoms with E-state index in [0.717, 1.165) is 29.8 Å². The van der Waals surface area contributed by atoms with Gasteiger partial charge in [-0.2, -0.15) is 9.97 Å². The van der Waals surface area contributed by atoms with Crippen LogP contribution in [0.25, 0.3) is 21.6 Å². The lowest BCUT2D eigenvalue weighted by molar-refractivity contribution is 0.402. The minimum absolute atomic E-state index is 0.140. The number of thiophene rings is 1. The number of benzene rings is 1. The molecular formula is C27H33N7S. The molecular weight excluding hydrogens is 454 g/mol. The maximum absolute atomic E-state index is 6.42. The van der Waals surface area contributed by atoms with Gasteiger partial charge in [0.05, 0.1) is 6.33 Å². The van der Waals surface area contributed by atoms with Crippen molar-refractivity contribution in [3.8, 4) is 10.4 Å². The van der Waals surface area contributed by atoms with Crippen molar-refractivity contribution >= 4 is 34.3 Å². The molecule has 2 saturated carbocycles. The number of aromatic nitrogens is 4. The summed E-state index contributed by atoms with van der Waals surface area (Å²) >= 11 is 1.76. The van der Waals surface area contributed by atoms with E-state index in [1.165, 1.54) is 54.5 Å². The van der Waals surface area contributed by atoms with Crippen LogP contribution in [0.1, 0.15) is 63.0 Å². The van der Waals surface area contributed by atoms with Gasteiger partial charge in [-0.3, -0.25) is 0 Å². The van der Waals surface area contributed by atoms with Crippen molar-refractivity contribution < 1.29 is 0 Å². The first kappa shape index (κ1) is 22.5. The van der Waals surface area contributed by atoms with E-state index in [9.17, 15) is 0 Å². The molecule has 2 aliphatic rings. The molecule has 0 aliphatic heterocycles. The lowest BCUT2D eigenvalue weighted by Crippen LogP contribution is -2.43. The maximum atomic E-state index is 6.42. The van der Waals surface area contributed by atoms with E-state index >= 15 is 0 Å². The number of hydrogen-bond acceptors (Lipinski definition) is 7. The molecule has 2 fully saturated rings. The molecule has 3 heterocycles. The second-order valence-corrected chi connectivity index (χ2v) is 10.8. The van der Waals surface area contributed by atoms with E-state index < -0.39 is 0 Å². The Morgan fingerprint density at radius 2 is 1.77 bits per heavy atom. The Morgan fingerprint density at radius 3 is 2.54 bits per heavy atom. The molecule has 182 valence electrons. The van der Waals surface area contributed by atoms with Gasteiger partial charge in [-0.05, 0) is 48.3 Å². The molecule has 0 spiro atoms. The third kappa shape index (κ3) is 4.77. The van der Waals surface area contributed by atoms with Gasteiger partial charge >= 0.3 is 0 Å². The van der Waals surface area contributed by atoms with E-state index in [1.807, 2.05) is 6.33 Å². The Bertz CT molecular complexity index is 1260. The van der Waals surface area contributed by atoms with Gasteiger partial charge in [0.1, 0.15) is 0 Å². The van der Waals surface area contributed by atoms with Gasteiger partial charge in [0.15, 0.2) is 17.0 Å². The number of nitrogens with two attached hydrogens (primary N) is 1. The fourth-order valence-electron chi connectivity index (χ4n) is 5.47. The normalized spacial score (nSPS) is 20.9. The van der Waals surface area contributed by atoms with Crippen LogP contribution in [0.2, 0.25) is 0 Å². The SMILES string of the molecule is NC1CCCCC1Nc1nc(NCc2ccc(-c3cccs3)cc2)c2ncn(C3CCCC3)c2n1. The summed E-state index contributed by atoms with van der Waals surface area (Å²) < 4.78 is 2.26. The summed E-state index contributed by atoms with van der Waals surface area (Å²) in [5, 5.41) is 9.23. The highest BCUT2D eigenvalue weighted by Gasteiger charge is 2.25. The number of imidazole rings is 1. The van der Waals surface area contributed by atoms with Crippen LogP contribution in [0.15, 0.2) is 48.1 Å².